The van der Waals surface area contributed by atoms with Crippen LogP contribution in [0.1, 0.15) is 32.3 Å². The highest BCUT2D eigenvalue weighted by Crippen LogP contribution is 2.15. The first-order valence-electron chi connectivity index (χ1n) is 7.25. The van der Waals surface area contributed by atoms with E-state index in [1.807, 2.05) is 6.07 Å². The zero-order chi connectivity index (χ0) is 14.1. The van der Waals surface area contributed by atoms with E-state index in [2.05, 4.69) is 49.3 Å². The third-order valence-corrected chi connectivity index (χ3v) is 3.44. The van der Waals surface area contributed by atoms with Gasteiger partial charge >= 0.3 is 0 Å². The van der Waals surface area contributed by atoms with Crippen LogP contribution in [-0.2, 0) is 6.54 Å². The molecule has 0 radical (unpaired) electrons. The summed E-state index contributed by atoms with van der Waals surface area (Å²) in [6.07, 6.45) is 2.45. The first-order valence-corrected chi connectivity index (χ1v) is 7.25. The Morgan fingerprint density at radius 3 is 2.74 bits per heavy atom. The second kappa shape index (κ2) is 8.94. The van der Waals surface area contributed by atoms with Crippen LogP contribution in [-0.4, -0.2) is 38.2 Å². The Morgan fingerprint density at radius 2 is 2.11 bits per heavy atom. The van der Waals surface area contributed by atoms with Crippen LogP contribution in [0.2, 0.25) is 0 Å². The molecule has 0 fully saturated rings. The lowest BCUT2D eigenvalue weighted by Gasteiger charge is -2.28. The van der Waals surface area contributed by atoms with Gasteiger partial charge in [-0.2, -0.15) is 0 Å². The quantitative estimate of drug-likeness (QED) is 0.742. The zero-order valence-corrected chi connectivity index (χ0v) is 12.8. The molecule has 0 aromatic heterocycles. The van der Waals surface area contributed by atoms with E-state index in [4.69, 9.17) is 4.74 Å². The van der Waals surface area contributed by atoms with Gasteiger partial charge in [0.05, 0.1) is 7.11 Å². The lowest BCUT2D eigenvalue weighted by Crippen LogP contribution is -2.39. The highest BCUT2D eigenvalue weighted by Gasteiger charge is 2.13. The molecule has 1 N–H and O–H groups in total. The van der Waals surface area contributed by atoms with Crippen molar-refractivity contribution >= 4 is 0 Å². The van der Waals surface area contributed by atoms with Crippen LogP contribution in [0.25, 0.3) is 0 Å². The van der Waals surface area contributed by atoms with E-state index in [1.165, 1.54) is 18.4 Å². The molecular weight excluding hydrogens is 236 g/mol. The van der Waals surface area contributed by atoms with Crippen LogP contribution in [0.4, 0.5) is 0 Å². The van der Waals surface area contributed by atoms with Crippen molar-refractivity contribution in [2.75, 3.05) is 27.2 Å². The fraction of sp³-hybridized carbons (Fsp3) is 0.625. The predicted molar refractivity (Wildman–Crippen MR) is 81.7 cm³/mol. The van der Waals surface area contributed by atoms with E-state index in [9.17, 15) is 0 Å². The smallest absolute Gasteiger partial charge is 0.119 e. The first-order chi connectivity index (χ1) is 9.21. The summed E-state index contributed by atoms with van der Waals surface area (Å²) >= 11 is 0. The van der Waals surface area contributed by atoms with Crippen LogP contribution >= 0.6 is 0 Å². The molecule has 19 heavy (non-hydrogen) atoms. The molecule has 0 saturated heterocycles. The number of hydrogen-bond donors (Lipinski definition) is 1. The maximum atomic E-state index is 5.28. The van der Waals surface area contributed by atoms with Gasteiger partial charge in [0, 0.05) is 19.1 Å². The normalized spacial score (nSPS) is 12.7. The number of nitrogens with one attached hydrogen (secondary N) is 1. The maximum Gasteiger partial charge on any atom is 0.119 e. The molecular formula is C16H28N2O. The van der Waals surface area contributed by atoms with Gasteiger partial charge in [-0.15, -0.1) is 0 Å². The van der Waals surface area contributed by atoms with Crippen LogP contribution in [0.5, 0.6) is 5.75 Å². The fourth-order valence-electron chi connectivity index (χ4n) is 2.31. The number of rotatable bonds is 9. The molecule has 0 bridgehead atoms. The molecule has 1 unspecified atom stereocenters. The van der Waals surface area contributed by atoms with Gasteiger partial charge in [-0.3, -0.25) is 4.90 Å². The molecule has 0 heterocycles. The standard InChI is InChI=1S/C16H28N2O/c1-5-8-15(12-17-6-2)18(3)13-14-9-7-10-16(11-14)19-4/h7,9-11,15,17H,5-6,8,12-13H2,1-4H3. The number of methoxy groups -OCH3 is 1. The van der Waals surface area contributed by atoms with Crippen molar-refractivity contribution in [1.82, 2.24) is 10.2 Å². The van der Waals surface area contributed by atoms with Crippen LogP contribution in [0, 0.1) is 0 Å². The molecule has 0 spiro atoms. The van der Waals surface area contributed by atoms with E-state index >= 15 is 0 Å². The van der Waals surface area contributed by atoms with Gasteiger partial charge < -0.3 is 10.1 Å². The number of nitrogens with zero attached hydrogens (tertiary/aromatic N) is 1. The molecule has 0 aliphatic carbocycles. The second-order valence-electron chi connectivity index (χ2n) is 5.02. The van der Waals surface area contributed by atoms with Crippen molar-refractivity contribution in [3.63, 3.8) is 0 Å². The van der Waals surface area contributed by atoms with Crippen molar-refractivity contribution in [2.24, 2.45) is 0 Å². The van der Waals surface area contributed by atoms with Crippen molar-refractivity contribution in [3.05, 3.63) is 29.8 Å². The Balaban J connectivity index is 2.60. The molecule has 108 valence electrons. The third kappa shape index (κ3) is 5.62. The Labute approximate surface area is 118 Å². The molecule has 1 aromatic carbocycles. The SMILES string of the molecule is CCCC(CNCC)N(C)Cc1cccc(OC)c1. The van der Waals surface area contributed by atoms with Gasteiger partial charge in [0.2, 0.25) is 0 Å². The number of ether oxygens (including phenoxy) is 1. The van der Waals surface area contributed by atoms with Crippen LogP contribution in [0.15, 0.2) is 24.3 Å². The molecule has 0 amide bonds. The van der Waals surface area contributed by atoms with Crippen molar-refractivity contribution in [1.29, 1.82) is 0 Å². The van der Waals surface area contributed by atoms with E-state index in [1.54, 1.807) is 7.11 Å². The lowest BCUT2D eigenvalue weighted by atomic mass is 10.1. The molecule has 0 aliphatic heterocycles. The summed E-state index contributed by atoms with van der Waals surface area (Å²) in [7, 11) is 3.92. The summed E-state index contributed by atoms with van der Waals surface area (Å²) in [4.78, 5) is 2.43. The largest absolute Gasteiger partial charge is 0.497 e. The van der Waals surface area contributed by atoms with Gasteiger partial charge in [-0.05, 0) is 37.7 Å². The summed E-state index contributed by atoms with van der Waals surface area (Å²) < 4.78 is 5.28. The summed E-state index contributed by atoms with van der Waals surface area (Å²) in [6, 6.07) is 8.92. The Bertz CT molecular complexity index is 354. The molecule has 0 aliphatic rings. The first kappa shape index (κ1) is 16.0. The predicted octanol–water partition coefficient (Wildman–Crippen LogP) is 2.91. The van der Waals surface area contributed by atoms with E-state index in [-0.39, 0.29) is 0 Å². The fourth-order valence-corrected chi connectivity index (χ4v) is 2.31. The van der Waals surface area contributed by atoms with Gasteiger partial charge in [0.1, 0.15) is 5.75 Å². The molecule has 0 saturated carbocycles. The molecule has 3 nitrogen and oxygen atoms in total. The molecule has 3 heteroatoms. The monoisotopic (exact) mass is 264 g/mol. The maximum absolute atomic E-state index is 5.28. The van der Waals surface area contributed by atoms with Crippen LogP contribution in [0.3, 0.4) is 0 Å². The second-order valence-corrected chi connectivity index (χ2v) is 5.02. The summed E-state index contributed by atoms with van der Waals surface area (Å²) in [6.45, 7) is 7.47. The minimum Gasteiger partial charge on any atom is -0.497 e. The summed E-state index contributed by atoms with van der Waals surface area (Å²) in [5, 5.41) is 3.46. The molecule has 1 aromatic rings. The van der Waals surface area contributed by atoms with Gasteiger partial charge in [-0.25, -0.2) is 0 Å². The average molecular weight is 264 g/mol. The van der Waals surface area contributed by atoms with Gasteiger partial charge in [0.15, 0.2) is 0 Å². The highest BCUT2D eigenvalue weighted by atomic mass is 16.5. The van der Waals surface area contributed by atoms with Gasteiger partial charge in [-0.1, -0.05) is 32.4 Å². The van der Waals surface area contributed by atoms with E-state index < -0.39 is 0 Å². The van der Waals surface area contributed by atoms with Crippen LogP contribution < -0.4 is 10.1 Å². The molecule has 1 atom stereocenters. The third-order valence-electron chi connectivity index (χ3n) is 3.44. The Kier molecular flexibility index (Phi) is 7.53. The number of likely N-dealkylation sites (N-methyl/N-ethyl adjacent to an activating group) is 2. The zero-order valence-electron chi connectivity index (χ0n) is 12.8. The van der Waals surface area contributed by atoms with E-state index in [0.29, 0.717) is 6.04 Å². The Hall–Kier alpha value is -1.06. The highest BCUT2D eigenvalue weighted by molar-refractivity contribution is 5.28. The minimum absolute atomic E-state index is 0.594. The van der Waals surface area contributed by atoms with Crippen molar-refractivity contribution in [3.8, 4) is 5.75 Å². The summed E-state index contributed by atoms with van der Waals surface area (Å²) in [5.74, 6) is 0.935. The number of benzene rings is 1. The average Bonchev–Trinajstić information content (AvgIpc) is 2.43. The molecule has 1 rings (SSSR count). The van der Waals surface area contributed by atoms with Gasteiger partial charge in [0.25, 0.3) is 0 Å². The number of hydrogen-bond acceptors (Lipinski definition) is 3. The minimum atomic E-state index is 0.594. The topological polar surface area (TPSA) is 24.5 Å². The van der Waals surface area contributed by atoms with E-state index in [0.717, 1.165) is 25.4 Å². The Morgan fingerprint density at radius 1 is 1.32 bits per heavy atom. The lowest BCUT2D eigenvalue weighted by molar-refractivity contribution is 0.215. The summed E-state index contributed by atoms with van der Waals surface area (Å²) in [5.41, 5.74) is 1.31. The van der Waals surface area contributed by atoms with Crippen molar-refractivity contribution in [2.45, 2.75) is 39.3 Å². The van der Waals surface area contributed by atoms with Crippen molar-refractivity contribution < 1.29 is 4.74 Å².